The van der Waals surface area contributed by atoms with Crippen LogP contribution in [-0.2, 0) is 38.0 Å². The van der Waals surface area contributed by atoms with E-state index in [-0.39, 0.29) is 26.1 Å². The van der Waals surface area contributed by atoms with E-state index in [1.54, 1.807) is 0 Å². The predicted molar refractivity (Wildman–Crippen MR) is 252 cm³/mol. The van der Waals surface area contributed by atoms with Crippen molar-refractivity contribution in [1.29, 1.82) is 0 Å². The zero-order valence-corrected chi connectivity index (χ0v) is 40.4. The summed E-state index contributed by atoms with van der Waals surface area (Å²) in [6.07, 6.45) is 23.1. The Labute approximate surface area is 395 Å². The molecule has 11 unspecified atom stereocenters. The van der Waals surface area contributed by atoms with Crippen molar-refractivity contribution in [2.24, 2.45) is 0 Å². The molecule has 2 saturated heterocycles. The summed E-state index contributed by atoms with van der Waals surface area (Å²) in [4.78, 5) is 25.7. The van der Waals surface area contributed by atoms with Crippen molar-refractivity contribution in [3.05, 3.63) is 36.5 Å². The van der Waals surface area contributed by atoms with Gasteiger partial charge in [0.15, 0.2) is 18.7 Å². The SMILES string of the molecule is CC/C=C\C/C=C\C/C=C\CCCCCCCCCC(=O)OC(COC(=O)CCCCCCCCCCCCCCC)COC1OC(COC2OC(CO)C(O)C(O)C2O)C(O)C(O)C1O. The molecule has 66 heavy (non-hydrogen) atoms. The molecule has 0 aromatic rings. The fourth-order valence-electron chi connectivity index (χ4n) is 7.94. The summed E-state index contributed by atoms with van der Waals surface area (Å²) in [6, 6.07) is 0. The van der Waals surface area contributed by atoms with E-state index in [2.05, 4.69) is 50.3 Å². The van der Waals surface area contributed by atoms with E-state index in [0.717, 1.165) is 83.5 Å². The van der Waals surface area contributed by atoms with E-state index >= 15 is 0 Å². The first-order chi connectivity index (χ1) is 32.0. The Morgan fingerprint density at radius 2 is 0.955 bits per heavy atom. The fourth-order valence-corrected chi connectivity index (χ4v) is 7.94. The van der Waals surface area contributed by atoms with Crippen LogP contribution in [0.25, 0.3) is 0 Å². The van der Waals surface area contributed by atoms with Crippen LogP contribution in [0.15, 0.2) is 36.5 Å². The zero-order chi connectivity index (χ0) is 48.2. The topological polar surface area (TPSA) is 231 Å². The van der Waals surface area contributed by atoms with E-state index in [4.69, 9.17) is 28.4 Å². The number of ether oxygens (including phenoxy) is 6. The lowest BCUT2D eigenvalue weighted by molar-refractivity contribution is -0.332. The molecule has 11 atom stereocenters. The van der Waals surface area contributed by atoms with Crippen LogP contribution >= 0.6 is 0 Å². The van der Waals surface area contributed by atoms with Gasteiger partial charge in [-0.25, -0.2) is 0 Å². The largest absolute Gasteiger partial charge is 0.462 e. The lowest BCUT2D eigenvalue weighted by Gasteiger charge is -2.42. The van der Waals surface area contributed by atoms with Crippen LogP contribution in [0.4, 0.5) is 0 Å². The lowest BCUT2D eigenvalue weighted by atomic mass is 9.98. The quantitative estimate of drug-likeness (QED) is 0.0188. The Kier molecular flexibility index (Phi) is 35.0. The molecule has 2 aliphatic heterocycles. The van der Waals surface area contributed by atoms with Gasteiger partial charge in [0.2, 0.25) is 0 Å². The molecule has 15 heteroatoms. The first-order valence-corrected chi connectivity index (χ1v) is 25.6. The number of hydrogen-bond acceptors (Lipinski definition) is 15. The number of carbonyl (C=O) groups excluding carboxylic acids is 2. The molecule has 0 saturated carbocycles. The highest BCUT2D eigenvalue weighted by Crippen LogP contribution is 2.26. The van der Waals surface area contributed by atoms with Crippen LogP contribution in [0.1, 0.15) is 181 Å². The minimum absolute atomic E-state index is 0.155. The van der Waals surface area contributed by atoms with E-state index in [1.165, 1.54) is 57.8 Å². The summed E-state index contributed by atoms with van der Waals surface area (Å²) in [5.74, 6) is -0.933. The molecule has 0 aliphatic carbocycles. The molecule has 7 N–H and O–H groups in total. The third-order valence-corrected chi connectivity index (χ3v) is 12.1. The molecular weight excluding hydrogens is 853 g/mol. The Hall–Kier alpha value is -2.28. The number of aliphatic hydroxyl groups is 7. The van der Waals surface area contributed by atoms with Gasteiger partial charge in [0, 0.05) is 12.8 Å². The summed E-state index contributed by atoms with van der Waals surface area (Å²) >= 11 is 0. The molecule has 2 rings (SSSR count). The van der Waals surface area contributed by atoms with Gasteiger partial charge in [0.1, 0.15) is 55.4 Å². The monoisotopic (exact) mass is 943 g/mol. The maximum atomic E-state index is 13.0. The molecule has 0 aromatic heterocycles. The van der Waals surface area contributed by atoms with Crippen molar-refractivity contribution in [2.75, 3.05) is 26.4 Å². The van der Waals surface area contributed by atoms with Crippen molar-refractivity contribution < 1.29 is 73.8 Å². The fraction of sp³-hybridized carbons (Fsp3) is 0.843. The smallest absolute Gasteiger partial charge is 0.306 e. The van der Waals surface area contributed by atoms with Crippen molar-refractivity contribution >= 4 is 11.9 Å². The first-order valence-electron chi connectivity index (χ1n) is 25.6. The van der Waals surface area contributed by atoms with Crippen LogP contribution in [0.3, 0.4) is 0 Å². The Morgan fingerprint density at radius 3 is 1.50 bits per heavy atom. The lowest BCUT2D eigenvalue weighted by Crippen LogP contribution is -2.61. The van der Waals surface area contributed by atoms with Crippen LogP contribution in [-0.4, -0.2) is 142 Å². The van der Waals surface area contributed by atoms with Gasteiger partial charge in [-0.05, 0) is 44.9 Å². The van der Waals surface area contributed by atoms with Crippen LogP contribution in [0.2, 0.25) is 0 Å². The third-order valence-electron chi connectivity index (χ3n) is 12.1. The summed E-state index contributed by atoms with van der Waals surface area (Å²) in [7, 11) is 0. The summed E-state index contributed by atoms with van der Waals surface area (Å²) < 4.78 is 33.6. The molecule has 15 nitrogen and oxygen atoms in total. The second-order valence-electron chi connectivity index (χ2n) is 18.0. The zero-order valence-electron chi connectivity index (χ0n) is 40.4. The van der Waals surface area contributed by atoms with Crippen molar-refractivity contribution in [3.8, 4) is 0 Å². The highest BCUT2D eigenvalue weighted by molar-refractivity contribution is 5.70. The molecule has 2 aliphatic rings. The highest BCUT2D eigenvalue weighted by atomic mass is 16.7. The van der Waals surface area contributed by atoms with Crippen LogP contribution in [0.5, 0.6) is 0 Å². The van der Waals surface area contributed by atoms with Crippen molar-refractivity contribution in [3.63, 3.8) is 0 Å². The van der Waals surface area contributed by atoms with E-state index in [1.807, 2.05) is 0 Å². The molecular formula is C51H90O15. The van der Waals surface area contributed by atoms with Gasteiger partial charge in [-0.15, -0.1) is 0 Å². The van der Waals surface area contributed by atoms with Gasteiger partial charge in [0.25, 0.3) is 0 Å². The molecule has 2 fully saturated rings. The molecule has 384 valence electrons. The Morgan fingerprint density at radius 1 is 0.500 bits per heavy atom. The van der Waals surface area contributed by atoms with Crippen LogP contribution in [0, 0.1) is 0 Å². The Bertz CT molecular complexity index is 1290. The molecule has 0 radical (unpaired) electrons. The Balaban J connectivity index is 1.81. The number of allylic oxidation sites excluding steroid dienone is 6. The number of carbonyl (C=O) groups is 2. The second kappa shape index (κ2) is 38.6. The maximum absolute atomic E-state index is 13.0. The number of unbranched alkanes of at least 4 members (excludes halogenated alkanes) is 19. The summed E-state index contributed by atoms with van der Waals surface area (Å²) in [5.41, 5.74) is 0. The maximum Gasteiger partial charge on any atom is 0.306 e. The molecule has 2 heterocycles. The third kappa shape index (κ3) is 26.5. The minimum atomic E-state index is -1.77. The molecule has 0 spiro atoms. The van der Waals surface area contributed by atoms with E-state index in [9.17, 15) is 45.3 Å². The van der Waals surface area contributed by atoms with Gasteiger partial charge in [0.05, 0.1) is 19.8 Å². The second-order valence-corrected chi connectivity index (χ2v) is 18.0. The van der Waals surface area contributed by atoms with Crippen LogP contribution < -0.4 is 0 Å². The number of aliphatic hydroxyl groups excluding tert-OH is 7. The standard InChI is InChI=1S/C51H90O15/c1-3-5-7-9-11-13-15-17-18-19-20-22-24-26-28-30-32-34-43(54)64-39(36-61-42(53)33-31-29-27-25-23-21-16-14-12-10-8-6-4-2)37-62-50-49(60)47(58)45(56)41(66-50)38-63-51-48(59)46(57)44(55)40(35-52)65-51/h5,7,11,13,17-18,39-41,44-52,55-60H,3-4,6,8-10,12,14-16,19-38H2,1-2H3/b7-5-,13-11-,18-17-. The first kappa shape index (κ1) is 59.8. The number of hydrogen-bond donors (Lipinski definition) is 7. The van der Waals surface area contributed by atoms with Crippen molar-refractivity contribution in [1.82, 2.24) is 0 Å². The van der Waals surface area contributed by atoms with E-state index in [0.29, 0.717) is 12.8 Å². The van der Waals surface area contributed by atoms with Gasteiger partial charge in [-0.3, -0.25) is 9.59 Å². The normalized spacial score (nSPS) is 26.4. The summed E-state index contributed by atoms with van der Waals surface area (Å²) in [6.45, 7) is 2.47. The van der Waals surface area contributed by atoms with Gasteiger partial charge in [-0.1, -0.05) is 159 Å². The molecule has 0 aromatic carbocycles. The highest BCUT2D eigenvalue weighted by Gasteiger charge is 2.47. The predicted octanol–water partition coefficient (Wildman–Crippen LogP) is 6.93. The van der Waals surface area contributed by atoms with Gasteiger partial charge in [-0.2, -0.15) is 0 Å². The van der Waals surface area contributed by atoms with Gasteiger partial charge >= 0.3 is 11.9 Å². The number of esters is 2. The average molecular weight is 943 g/mol. The molecule has 0 bridgehead atoms. The van der Waals surface area contributed by atoms with E-state index < -0.39 is 92.7 Å². The molecule has 0 amide bonds. The summed E-state index contributed by atoms with van der Waals surface area (Å²) in [5, 5.41) is 72.0. The average Bonchev–Trinajstić information content (AvgIpc) is 3.31. The number of rotatable bonds is 39. The minimum Gasteiger partial charge on any atom is -0.462 e. The van der Waals surface area contributed by atoms with Crippen molar-refractivity contribution in [2.45, 2.75) is 248 Å². The van der Waals surface area contributed by atoms with Gasteiger partial charge < -0.3 is 64.2 Å².